The Morgan fingerprint density at radius 1 is 1.58 bits per heavy atom. The maximum absolute atomic E-state index is 12.8. The van der Waals surface area contributed by atoms with Crippen molar-refractivity contribution >= 4 is 0 Å². The summed E-state index contributed by atoms with van der Waals surface area (Å²) in [5, 5.41) is 2.96. The van der Waals surface area contributed by atoms with Gasteiger partial charge in [-0.3, -0.25) is 0 Å². The Balaban J connectivity index is 2.70. The number of rotatable bonds is 3. The predicted molar refractivity (Wildman–Crippen MR) is 45.4 cm³/mol. The van der Waals surface area contributed by atoms with Crippen LogP contribution in [-0.2, 0) is 0 Å². The molecule has 0 saturated heterocycles. The van der Waals surface area contributed by atoms with Crippen molar-refractivity contribution in [2.24, 2.45) is 5.92 Å². The molecule has 1 aliphatic rings. The van der Waals surface area contributed by atoms with Crippen LogP contribution < -0.4 is 5.32 Å². The Labute approximate surface area is 72.5 Å². The van der Waals surface area contributed by atoms with Crippen LogP contribution in [0.5, 0.6) is 0 Å². The number of hydrogen-bond donors (Lipinski definition) is 1. The molecule has 0 heterocycles. The molecule has 0 amide bonds. The van der Waals surface area contributed by atoms with Crippen LogP contribution in [0.2, 0.25) is 0 Å². The van der Waals surface area contributed by atoms with Gasteiger partial charge < -0.3 is 5.32 Å². The van der Waals surface area contributed by atoms with Crippen molar-refractivity contribution in [1.29, 1.82) is 0 Å². The van der Waals surface area contributed by atoms with Gasteiger partial charge in [0.2, 0.25) is 0 Å². The van der Waals surface area contributed by atoms with Gasteiger partial charge in [-0.15, -0.1) is 0 Å². The summed E-state index contributed by atoms with van der Waals surface area (Å²) in [6, 6.07) is 0. The average Bonchev–Trinajstić information content (AvgIpc) is 2.34. The van der Waals surface area contributed by atoms with Crippen LogP contribution in [0, 0.1) is 5.92 Å². The van der Waals surface area contributed by atoms with Crippen LogP contribution in [0.1, 0.15) is 33.1 Å². The number of halogens is 2. The van der Waals surface area contributed by atoms with E-state index in [-0.39, 0.29) is 5.92 Å². The van der Waals surface area contributed by atoms with Crippen molar-refractivity contribution in [3.63, 3.8) is 0 Å². The van der Waals surface area contributed by atoms with E-state index in [9.17, 15) is 8.78 Å². The molecule has 0 aromatic carbocycles. The van der Waals surface area contributed by atoms with Crippen LogP contribution >= 0.6 is 0 Å². The van der Waals surface area contributed by atoms with Crippen LogP contribution in [-0.4, -0.2) is 18.5 Å². The molecule has 0 aromatic rings. The first-order valence-electron chi connectivity index (χ1n) is 4.66. The van der Waals surface area contributed by atoms with Gasteiger partial charge in [-0.25, -0.2) is 8.78 Å². The molecule has 2 atom stereocenters. The van der Waals surface area contributed by atoms with Crippen LogP contribution in [0.15, 0.2) is 0 Å². The fourth-order valence-corrected chi connectivity index (χ4v) is 2.20. The van der Waals surface area contributed by atoms with E-state index in [1.54, 1.807) is 0 Å². The van der Waals surface area contributed by atoms with E-state index in [1.165, 1.54) is 0 Å². The zero-order valence-corrected chi connectivity index (χ0v) is 7.74. The summed E-state index contributed by atoms with van der Waals surface area (Å²) in [7, 11) is 0. The summed E-state index contributed by atoms with van der Waals surface area (Å²) in [6.07, 6.45) is 0.255. The van der Waals surface area contributed by atoms with Crippen molar-refractivity contribution in [2.45, 2.75) is 45.1 Å². The normalized spacial score (nSPS) is 36.2. The topological polar surface area (TPSA) is 12.0 Å². The van der Waals surface area contributed by atoms with E-state index >= 15 is 0 Å². The molecule has 1 saturated carbocycles. The Morgan fingerprint density at radius 2 is 2.25 bits per heavy atom. The van der Waals surface area contributed by atoms with Crippen LogP contribution in [0.25, 0.3) is 0 Å². The van der Waals surface area contributed by atoms with Gasteiger partial charge in [-0.05, 0) is 25.3 Å². The molecular weight excluding hydrogens is 160 g/mol. The van der Waals surface area contributed by atoms with Gasteiger partial charge in [0.25, 0.3) is 6.43 Å². The molecular formula is C9H17F2N. The van der Waals surface area contributed by atoms with E-state index < -0.39 is 12.0 Å². The smallest absolute Gasteiger partial charge is 0.256 e. The fraction of sp³-hybridized carbons (Fsp3) is 1.00. The van der Waals surface area contributed by atoms with Crippen LogP contribution in [0.3, 0.4) is 0 Å². The fourth-order valence-electron chi connectivity index (χ4n) is 2.20. The second-order valence-electron chi connectivity index (χ2n) is 3.66. The minimum absolute atomic E-state index is 0.109. The molecule has 1 N–H and O–H groups in total. The summed E-state index contributed by atoms with van der Waals surface area (Å²) >= 11 is 0. The van der Waals surface area contributed by atoms with Crippen molar-refractivity contribution in [3.8, 4) is 0 Å². The van der Waals surface area contributed by atoms with Gasteiger partial charge in [-0.2, -0.15) is 0 Å². The molecule has 1 fully saturated rings. The Morgan fingerprint density at radius 3 is 2.58 bits per heavy atom. The molecule has 1 nitrogen and oxygen atoms in total. The molecule has 0 spiro atoms. The molecule has 0 aromatic heterocycles. The van der Waals surface area contributed by atoms with Crippen molar-refractivity contribution in [2.75, 3.05) is 6.54 Å². The monoisotopic (exact) mass is 177 g/mol. The number of hydrogen-bond acceptors (Lipinski definition) is 1. The molecule has 12 heavy (non-hydrogen) atoms. The zero-order valence-electron chi connectivity index (χ0n) is 7.74. The van der Waals surface area contributed by atoms with Gasteiger partial charge in [0.1, 0.15) is 0 Å². The lowest BCUT2D eigenvalue weighted by atomic mass is 9.89. The first-order valence-corrected chi connectivity index (χ1v) is 4.66. The highest BCUT2D eigenvalue weighted by atomic mass is 19.3. The lowest BCUT2D eigenvalue weighted by molar-refractivity contribution is 0.0113. The summed E-state index contributed by atoms with van der Waals surface area (Å²) < 4.78 is 25.5. The molecule has 0 bridgehead atoms. The third-order valence-electron chi connectivity index (χ3n) is 3.00. The van der Waals surface area contributed by atoms with Gasteiger partial charge in [0.15, 0.2) is 0 Å². The molecule has 0 aliphatic heterocycles. The highest BCUT2D eigenvalue weighted by Crippen LogP contribution is 2.39. The van der Waals surface area contributed by atoms with Gasteiger partial charge in [0, 0.05) is 0 Å². The van der Waals surface area contributed by atoms with E-state index in [2.05, 4.69) is 5.32 Å². The summed E-state index contributed by atoms with van der Waals surface area (Å²) in [5.41, 5.74) is -0.880. The van der Waals surface area contributed by atoms with Gasteiger partial charge in [0.05, 0.1) is 5.54 Å². The maximum Gasteiger partial charge on any atom is 0.256 e. The number of alkyl halides is 2. The molecule has 0 radical (unpaired) electrons. The molecule has 2 unspecified atom stereocenters. The van der Waals surface area contributed by atoms with Gasteiger partial charge in [-0.1, -0.05) is 20.3 Å². The third-order valence-corrected chi connectivity index (χ3v) is 3.00. The minimum Gasteiger partial charge on any atom is -0.306 e. The highest BCUT2D eigenvalue weighted by Gasteiger charge is 2.46. The van der Waals surface area contributed by atoms with Gasteiger partial charge >= 0.3 is 0 Å². The number of nitrogens with one attached hydrogen (secondary N) is 1. The van der Waals surface area contributed by atoms with Crippen molar-refractivity contribution in [1.82, 2.24) is 5.32 Å². The Bertz CT molecular complexity index is 149. The van der Waals surface area contributed by atoms with E-state index in [0.29, 0.717) is 13.0 Å². The first kappa shape index (κ1) is 9.90. The largest absolute Gasteiger partial charge is 0.306 e. The molecule has 3 heteroatoms. The second-order valence-corrected chi connectivity index (χ2v) is 3.66. The predicted octanol–water partition coefficient (Wildman–Crippen LogP) is 2.42. The highest BCUT2D eigenvalue weighted by molar-refractivity contribution is 4.99. The Hall–Kier alpha value is -0.180. The standard InChI is InChI=1S/C9H17F2N/c1-3-12-9(8(10)11)6-4-5-7(9)2/h7-8,12H,3-6H2,1-2H3. The van der Waals surface area contributed by atoms with E-state index in [4.69, 9.17) is 0 Å². The maximum atomic E-state index is 12.8. The lowest BCUT2D eigenvalue weighted by Gasteiger charge is -2.33. The van der Waals surface area contributed by atoms with Crippen molar-refractivity contribution in [3.05, 3.63) is 0 Å². The van der Waals surface area contributed by atoms with Crippen LogP contribution in [0.4, 0.5) is 8.78 Å². The van der Waals surface area contributed by atoms with Crippen molar-refractivity contribution < 1.29 is 8.78 Å². The first-order chi connectivity index (χ1) is 5.63. The average molecular weight is 177 g/mol. The summed E-state index contributed by atoms with van der Waals surface area (Å²) in [5.74, 6) is 0.109. The molecule has 1 aliphatic carbocycles. The Kier molecular flexibility index (Phi) is 3.04. The van der Waals surface area contributed by atoms with E-state index in [1.807, 2.05) is 13.8 Å². The summed E-state index contributed by atoms with van der Waals surface area (Å²) in [6.45, 7) is 4.44. The SMILES string of the molecule is CCNC1(C(F)F)CCCC1C. The second kappa shape index (κ2) is 3.69. The summed E-state index contributed by atoms with van der Waals surface area (Å²) in [4.78, 5) is 0. The quantitative estimate of drug-likeness (QED) is 0.698. The lowest BCUT2D eigenvalue weighted by Crippen LogP contribution is -2.53. The zero-order chi connectivity index (χ0) is 9.19. The molecule has 1 rings (SSSR count). The third kappa shape index (κ3) is 1.47. The minimum atomic E-state index is -2.23. The van der Waals surface area contributed by atoms with E-state index in [0.717, 1.165) is 12.8 Å². The molecule has 72 valence electrons.